The lowest BCUT2D eigenvalue weighted by molar-refractivity contribution is 0.399. The number of aromatic nitrogens is 2. The molecule has 0 amide bonds. The third-order valence-electron chi connectivity index (χ3n) is 4.31. The van der Waals surface area contributed by atoms with Crippen LogP contribution in [0.5, 0.6) is 0 Å². The largest absolute Gasteiger partial charge is 0.316 e. The molecule has 2 unspecified atom stereocenters. The van der Waals surface area contributed by atoms with Crippen LogP contribution in [0.15, 0.2) is 5.03 Å². The molecule has 1 heterocycles. The lowest BCUT2D eigenvalue weighted by Gasteiger charge is -2.22. The van der Waals surface area contributed by atoms with Crippen LogP contribution in [-0.4, -0.2) is 31.7 Å². The molecule has 1 aliphatic rings. The highest BCUT2D eigenvalue weighted by Gasteiger charge is 2.29. The normalized spacial score (nSPS) is 24.0. The highest BCUT2D eigenvalue weighted by atomic mass is 32.2. The van der Waals surface area contributed by atoms with Crippen molar-refractivity contribution in [3.63, 3.8) is 0 Å². The average Bonchev–Trinajstić information content (AvgIpc) is 2.67. The van der Waals surface area contributed by atoms with Crippen LogP contribution in [-0.2, 0) is 16.6 Å². The summed E-state index contributed by atoms with van der Waals surface area (Å²) < 4.78 is 28.2. The highest BCUT2D eigenvalue weighted by Crippen LogP contribution is 2.25. The van der Waals surface area contributed by atoms with Gasteiger partial charge in [0.2, 0.25) is 0 Å². The van der Waals surface area contributed by atoms with Gasteiger partial charge in [0.25, 0.3) is 10.0 Å². The molecule has 6 nitrogen and oxygen atoms in total. The molecule has 120 valence electrons. The van der Waals surface area contributed by atoms with Crippen LogP contribution in [0.2, 0.25) is 0 Å². The smallest absolute Gasteiger partial charge is 0.260 e. The summed E-state index contributed by atoms with van der Waals surface area (Å²) in [6.07, 6.45) is 5.45. The van der Waals surface area contributed by atoms with Gasteiger partial charge in [0.1, 0.15) is 0 Å². The monoisotopic (exact) mass is 314 g/mol. The molecule has 1 fully saturated rings. The van der Waals surface area contributed by atoms with Crippen molar-refractivity contribution in [2.75, 3.05) is 7.05 Å². The summed E-state index contributed by atoms with van der Waals surface area (Å²) in [4.78, 5) is 0. The molecule has 2 atom stereocenters. The lowest BCUT2D eigenvalue weighted by atomic mass is 9.98. The lowest BCUT2D eigenvalue weighted by Crippen LogP contribution is -2.39. The Labute approximate surface area is 127 Å². The second-order valence-electron chi connectivity index (χ2n) is 6.01. The molecular weight excluding hydrogens is 288 g/mol. The van der Waals surface area contributed by atoms with E-state index in [-0.39, 0.29) is 11.1 Å². The Morgan fingerprint density at radius 3 is 2.71 bits per heavy atom. The number of nitrogens with one attached hydrogen (secondary N) is 3. The Hall–Kier alpha value is -0.920. The first-order chi connectivity index (χ1) is 9.95. The number of hydrogen-bond acceptors (Lipinski definition) is 4. The van der Waals surface area contributed by atoms with Gasteiger partial charge in [0.15, 0.2) is 5.03 Å². The van der Waals surface area contributed by atoms with Gasteiger partial charge in [-0.2, -0.15) is 5.10 Å². The molecule has 2 rings (SSSR count). The molecule has 0 saturated heterocycles. The van der Waals surface area contributed by atoms with E-state index < -0.39 is 10.0 Å². The Morgan fingerprint density at radius 2 is 2.00 bits per heavy atom. The van der Waals surface area contributed by atoms with E-state index in [4.69, 9.17) is 0 Å². The van der Waals surface area contributed by atoms with Crippen LogP contribution in [0.1, 0.15) is 50.3 Å². The zero-order valence-electron chi connectivity index (χ0n) is 13.1. The van der Waals surface area contributed by atoms with Crippen LogP contribution < -0.4 is 10.0 Å². The van der Waals surface area contributed by atoms with E-state index in [1.165, 1.54) is 12.8 Å². The quantitative estimate of drug-likeness (QED) is 0.722. The van der Waals surface area contributed by atoms with Gasteiger partial charge in [-0.05, 0) is 32.7 Å². The first kappa shape index (κ1) is 16.5. The van der Waals surface area contributed by atoms with Crippen LogP contribution in [0, 0.1) is 12.8 Å². The molecule has 1 aliphatic carbocycles. The Bertz CT molecular complexity index is 568. The van der Waals surface area contributed by atoms with E-state index in [2.05, 4.69) is 27.2 Å². The van der Waals surface area contributed by atoms with Crippen molar-refractivity contribution < 1.29 is 8.42 Å². The van der Waals surface area contributed by atoms with E-state index >= 15 is 0 Å². The first-order valence-corrected chi connectivity index (χ1v) is 9.14. The van der Waals surface area contributed by atoms with E-state index in [0.717, 1.165) is 25.0 Å². The van der Waals surface area contributed by atoms with Gasteiger partial charge in [-0.25, -0.2) is 13.1 Å². The molecular formula is C14H26N4O2S. The van der Waals surface area contributed by atoms with Gasteiger partial charge >= 0.3 is 0 Å². The fourth-order valence-electron chi connectivity index (χ4n) is 2.96. The second kappa shape index (κ2) is 6.89. The minimum atomic E-state index is -3.57. The van der Waals surface area contributed by atoms with E-state index in [1.54, 1.807) is 7.05 Å². The van der Waals surface area contributed by atoms with Gasteiger partial charge in [-0.3, -0.25) is 5.10 Å². The van der Waals surface area contributed by atoms with Crippen LogP contribution in [0.3, 0.4) is 0 Å². The van der Waals surface area contributed by atoms with Crippen molar-refractivity contribution in [3.8, 4) is 0 Å². The SMILES string of the molecule is CNCc1c(S(=O)(=O)NC2CCCCCC2C)n[nH]c1C. The maximum Gasteiger partial charge on any atom is 0.260 e. The van der Waals surface area contributed by atoms with Crippen LogP contribution >= 0.6 is 0 Å². The standard InChI is InChI=1S/C14H26N4O2S/c1-10-7-5-4-6-8-13(10)18-21(19,20)14-12(9-15-3)11(2)16-17-14/h10,13,15,18H,4-9H2,1-3H3,(H,16,17). The van der Waals surface area contributed by atoms with Crippen molar-refractivity contribution >= 4 is 10.0 Å². The van der Waals surface area contributed by atoms with Gasteiger partial charge in [-0.15, -0.1) is 0 Å². The molecule has 1 saturated carbocycles. The molecule has 7 heteroatoms. The highest BCUT2D eigenvalue weighted by molar-refractivity contribution is 7.89. The second-order valence-corrected chi connectivity index (χ2v) is 7.63. The molecule has 0 radical (unpaired) electrons. The van der Waals surface area contributed by atoms with Gasteiger partial charge in [0, 0.05) is 23.8 Å². The molecule has 3 N–H and O–H groups in total. The Balaban J connectivity index is 2.21. The molecule has 0 aliphatic heterocycles. The molecule has 0 bridgehead atoms. The van der Waals surface area contributed by atoms with Crippen molar-refractivity contribution in [2.24, 2.45) is 5.92 Å². The Kier molecular flexibility index (Phi) is 5.40. The van der Waals surface area contributed by atoms with Crippen molar-refractivity contribution in [2.45, 2.75) is 63.6 Å². The van der Waals surface area contributed by atoms with Crippen molar-refractivity contribution in [1.29, 1.82) is 0 Å². The summed E-state index contributed by atoms with van der Waals surface area (Å²) in [6, 6.07) is 0.0111. The number of rotatable bonds is 5. The van der Waals surface area contributed by atoms with Crippen molar-refractivity contribution in [1.82, 2.24) is 20.2 Å². The minimum absolute atomic E-state index is 0.0111. The first-order valence-electron chi connectivity index (χ1n) is 7.66. The van der Waals surface area contributed by atoms with Gasteiger partial charge < -0.3 is 5.32 Å². The summed E-state index contributed by atoms with van der Waals surface area (Å²) in [5.74, 6) is 0.370. The average molecular weight is 314 g/mol. The molecule has 1 aromatic rings. The number of H-pyrrole nitrogens is 1. The van der Waals surface area contributed by atoms with Crippen molar-refractivity contribution in [3.05, 3.63) is 11.3 Å². The zero-order chi connectivity index (χ0) is 15.5. The fourth-order valence-corrected chi connectivity index (χ4v) is 4.54. The predicted octanol–water partition coefficient (Wildman–Crippen LogP) is 1.68. The van der Waals surface area contributed by atoms with Crippen LogP contribution in [0.25, 0.3) is 0 Å². The maximum atomic E-state index is 12.6. The summed E-state index contributed by atoms with van der Waals surface area (Å²) in [5, 5.41) is 9.91. The van der Waals surface area contributed by atoms with E-state index in [0.29, 0.717) is 18.0 Å². The molecule has 21 heavy (non-hydrogen) atoms. The number of nitrogens with zero attached hydrogens (tertiary/aromatic N) is 1. The van der Waals surface area contributed by atoms with E-state index in [1.807, 2.05) is 6.92 Å². The van der Waals surface area contributed by atoms with Crippen LogP contribution in [0.4, 0.5) is 0 Å². The maximum absolute atomic E-state index is 12.6. The molecule has 0 spiro atoms. The number of sulfonamides is 1. The summed E-state index contributed by atoms with van der Waals surface area (Å²) in [5.41, 5.74) is 1.50. The zero-order valence-corrected chi connectivity index (χ0v) is 13.9. The fraction of sp³-hybridized carbons (Fsp3) is 0.786. The van der Waals surface area contributed by atoms with E-state index in [9.17, 15) is 8.42 Å². The Morgan fingerprint density at radius 1 is 1.29 bits per heavy atom. The predicted molar refractivity (Wildman–Crippen MR) is 82.4 cm³/mol. The number of aromatic amines is 1. The topological polar surface area (TPSA) is 86.9 Å². The minimum Gasteiger partial charge on any atom is -0.316 e. The van der Waals surface area contributed by atoms with Gasteiger partial charge in [0.05, 0.1) is 0 Å². The third kappa shape index (κ3) is 3.84. The number of hydrogen-bond donors (Lipinski definition) is 3. The third-order valence-corrected chi connectivity index (χ3v) is 5.77. The van der Waals surface area contributed by atoms with Gasteiger partial charge in [-0.1, -0.05) is 26.2 Å². The summed E-state index contributed by atoms with van der Waals surface area (Å²) >= 11 is 0. The molecule has 1 aromatic heterocycles. The number of aryl methyl sites for hydroxylation is 1. The summed E-state index contributed by atoms with van der Waals surface area (Å²) in [7, 11) is -1.78. The molecule has 0 aromatic carbocycles. The summed E-state index contributed by atoms with van der Waals surface area (Å²) in [6.45, 7) is 4.45.